The number of methoxy groups -OCH3 is 1. The Bertz CT molecular complexity index is 319. The number of rotatable bonds is 4. The van der Waals surface area contributed by atoms with Gasteiger partial charge in [-0.3, -0.25) is 4.79 Å². The maximum atomic E-state index is 10.9. The van der Waals surface area contributed by atoms with Gasteiger partial charge in [0.1, 0.15) is 0 Å². The number of carbonyl (C=O) groups excluding carboxylic acids is 1. The molecule has 0 bridgehead atoms. The first-order chi connectivity index (χ1) is 7.13. The monoisotopic (exact) mass is 207 g/mol. The topological polar surface area (TPSA) is 38.3 Å². The smallest absolute Gasteiger partial charge is 0.319 e. The minimum absolute atomic E-state index is 0.157. The van der Waals surface area contributed by atoms with E-state index in [0.717, 1.165) is 0 Å². The maximum Gasteiger partial charge on any atom is 0.319 e. The van der Waals surface area contributed by atoms with E-state index in [1.807, 2.05) is 6.92 Å². The fraction of sp³-hybridized carbons (Fsp3) is 0.417. The van der Waals surface area contributed by atoms with Gasteiger partial charge >= 0.3 is 5.97 Å². The highest BCUT2D eigenvalue weighted by molar-refractivity contribution is 5.71. The summed E-state index contributed by atoms with van der Waals surface area (Å²) in [5.74, 6) is -0.242. The second-order valence-corrected chi connectivity index (χ2v) is 3.59. The molecule has 1 N–H and O–H groups in total. The van der Waals surface area contributed by atoms with Crippen molar-refractivity contribution in [3.05, 3.63) is 35.4 Å². The zero-order chi connectivity index (χ0) is 11.3. The van der Waals surface area contributed by atoms with Gasteiger partial charge in [-0.1, -0.05) is 29.8 Å². The van der Waals surface area contributed by atoms with Crippen molar-refractivity contribution in [2.24, 2.45) is 0 Å². The minimum Gasteiger partial charge on any atom is -0.468 e. The summed E-state index contributed by atoms with van der Waals surface area (Å²) in [6.07, 6.45) is 0. The van der Waals surface area contributed by atoms with Gasteiger partial charge in [-0.05, 0) is 19.4 Å². The van der Waals surface area contributed by atoms with Crippen LogP contribution in [0, 0.1) is 6.92 Å². The van der Waals surface area contributed by atoms with Crippen LogP contribution in [0.2, 0.25) is 0 Å². The molecule has 1 aromatic rings. The number of hydrogen-bond donors (Lipinski definition) is 1. The van der Waals surface area contributed by atoms with Crippen LogP contribution in [0.3, 0.4) is 0 Å². The lowest BCUT2D eigenvalue weighted by atomic mass is 10.1. The van der Waals surface area contributed by atoms with Crippen molar-refractivity contribution in [2.45, 2.75) is 19.9 Å². The summed E-state index contributed by atoms with van der Waals surface area (Å²) in [4.78, 5) is 10.9. The molecule has 0 radical (unpaired) electrons. The van der Waals surface area contributed by atoms with Gasteiger partial charge in [-0.15, -0.1) is 0 Å². The average molecular weight is 207 g/mol. The number of hydrogen-bond acceptors (Lipinski definition) is 3. The fourth-order valence-electron chi connectivity index (χ4n) is 1.28. The van der Waals surface area contributed by atoms with Crippen LogP contribution < -0.4 is 5.32 Å². The summed E-state index contributed by atoms with van der Waals surface area (Å²) in [6.45, 7) is 4.31. The summed E-state index contributed by atoms with van der Waals surface area (Å²) in [5.41, 5.74) is 2.41. The zero-order valence-electron chi connectivity index (χ0n) is 9.41. The minimum atomic E-state index is -0.242. The quantitative estimate of drug-likeness (QED) is 0.765. The largest absolute Gasteiger partial charge is 0.468 e. The number of ether oxygens (including phenoxy) is 1. The van der Waals surface area contributed by atoms with Gasteiger partial charge in [-0.2, -0.15) is 0 Å². The Morgan fingerprint density at radius 3 is 2.53 bits per heavy atom. The molecular weight excluding hydrogens is 190 g/mol. The molecule has 0 aromatic heterocycles. The van der Waals surface area contributed by atoms with Gasteiger partial charge < -0.3 is 10.1 Å². The molecule has 0 saturated heterocycles. The second kappa shape index (κ2) is 5.51. The first-order valence-corrected chi connectivity index (χ1v) is 5.00. The van der Waals surface area contributed by atoms with E-state index < -0.39 is 0 Å². The van der Waals surface area contributed by atoms with Crippen LogP contribution in [0.25, 0.3) is 0 Å². The Balaban J connectivity index is 2.50. The van der Waals surface area contributed by atoms with Crippen LogP contribution in [-0.4, -0.2) is 19.6 Å². The number of carbonyl (C=O) groups is 1. The van der Waals surface area contributed by atoms with Crippen molar-refractivity contribution in [1.82, 2.24) is 5.32 Å². The number of benzene rings is 1. The van der Waals surface area contributed by atoms with Crippen molar-refractivity contribution in [2.75, 3.05) is 13.7 Å². The highest BCUT2D eigenvalue weighted by Crippen LogP contribution is 2.12. The van der Waals surface area contributed by atoms with Crippen molar-refractivity contribution in [3.8, 4) is 0 Å². The zero-order valence-corrected chi connectivity index (χ0v) is 9.41. The van der Waals surface area contributed by atoms with E-state index in [2.05, 4.69) is 41.2 Å². The predicted molar refractivity (Wildman–Crippen MR) is 59.6 cm³/mol. The lowest BCUT2D eigenvalue weighted by molar-refractivity contribution is -0.139. The van der Waals surface area contributed by atoms with Crippen molar-refractivity contribution in [3.63, 3.8) is 0 Å². The van der Waals surface area contributed by atoms with E-state index in [1.165, 1.54) is 18.2 Å². The fourth-order valence-corrected chi connectivity index (χ4v) is 1.28. The first kappa shape index (κ1) is 11.7. The lowest BCUT2D eigenvalue weighted by Gasteiger charge is -2.13. The summed E-state index contributed by atoms with van der Waals surface area (Å²) >= 11 is 0. The third-order valence-electron chi connectivity index (χ3n) is 2.36. The number of nitrogens with one attached hydrogen (secondary N) is 1. The van der Waals surface area contributed by atoms with Gasteiger partial charge in [-0.25, -0.2) is 0 Å². The lowest BCUT2D eigenvalue weighted by Crippen LogP contribution is -2.26. The van der Waals surface area contributed by atoms with Gasteiger partial charge in [0.05, 0.1) is 13.7 Å². The van der Waals surface area contributed by atoms with Crippen molar-refractivity contribution in [1.29, 1.82) is 0 Å². The molecule has 1 rings (SSSR count). The van der Waals surface area contributed by atoms with Crippen molar-refractivity contribution >= 4 is 5.97 Å². The van der Waals surface area contributed by atoms with E-state index in [-0.39, 0.29) is 18.6 Å². The molecule has 0 amide bonds. The third-order valence-corrected chi connectivity index (χ3v) is 2.36. The molecule has 0 aliphatic heterocycles. The predicted octanol–water partition coefficient (Wildman–Crippen LogP) is 1.82. The average Bonchev–Trinajstić information content (AvgIpc) is 2.26. The van der Waals surface area contributed by atoms with E-state index in [1.54, 1.807) is 0 Å². The Labute approximate surface area is 90.4 Å². The highest BCUT2D eigenvalue weighted by Gasteiger charge is 2.06. The van der Waals surface area contributed by atoms with Crippen LogP contribution >= 0.6 is 0 Å². The SMILES string of the molecule is COC(=O)CN[C@@H](C)c1ccc(C)cc1. The Hall–Kier alpha value is -1.35. The molecule has 0 unspecified atom stereocenters. The van der Waals surface area contributed by atoms with Gasteiger partial charge in [0.2, 0.25) is 0 Å². The molecule has 0 aliphatic rings. The molecule has 0 aliphatic carbocycles. The molecular formula is C12H17NO2. The molecule has 0 saturated carbocycles. The number of esters is 1. The maximum absolute atomic E-state index is 10.9. The Morgan fingerprint density at radius 2 is 2.00 bits per heavy atom. The summed E-state index contributed by atoms with van der Waals surface area (Å²) in [7, 11) is 1.39. The molecule has 3 nitrogen and oxygen atoms in total. The summed E-state index contributed by atoms with van der Waals surface area (Å²) in [5, 5.41) is 3.09. The Morgan fingerprint density at radius 1 is 1.40 bits per heavy atom. The molecule has 0 heterocycles. The van der Waals surface area contributed by atoms with E-state index in [9.17, 15) is 4.79 Å². The van der Waals surface area contributed by atoms with E-state index in [0.29, 0.717) is 0 Å². The molecule has 0 fully saturated rings. The van der Waals surface area contributed by atoms with E-state index in [4.69, 9.17) is 0 Å². The normalized spacial score (nSPS) is 12.2. The number of aryl methyl sites for hydroxylation is 1. The highest BCUT2D eigenvalue weighted by atomic mass is 16.5. The standard InChI is InChI=1S/C12H17NO2/c1-9-4-6-11(7-5-9)10(2)13-8-12(14)15-3/h4-7,10,13H,8H2,1-3H3/t10-/m0/s1. The van der Waals surface area contributed by atoms with Gasteiger partial charge in [0.15, 0.2) is 0 Å². The second-order valence-electron chi connectivity index (χ2n) is 3.59. The van der Waals surface area contributed by atoms with Gasteiger partial charge in [0.25, 0.3) is 0 Å². The molecule has 1 atom stereocenters. The van der Waals surface area contributed by atoms with Crippen LogP contribution in [0.5, 0.6) is 0 Å². The molecule has 0 spiro atoms. The molecule has 1 aromatic carbocycles. The van der Waals surface area contributed by atoms with E-state index >= 15 is 0 Å². The van der Waals surface area contributed by atoms with Crippen LogP contribution in [-0.2, 0) is 9.53 Å². The van der Waals surface area contributed by atoms with Gasteiger partial charge in [0, 0.05) is 6.04 Å². The Kier molecular flexibility index (Phi) is 4.31. The molecule has 3 heteroatoms. The summed E-state index contributed by atoms with van der Waals surface area (Å²) in [6, 6.07) is 8.40. The summed E-state index contributed by atoms with van der Waals surface area (Å²) < 4.78 is 4.55. The van der Waals surface area contributed by atoms with Crippen LogP contribution in [0.1, 0.15) is 24.1 Å². The van der Waals surface area contributed by atoms with Crippen molar-refractivity contribution < 1.29 is 9.53 Å². The molecule has 82 valence electrons. The van der Waals surface area contributed by atoms with Crippen LogP contribution in [0.4, 0.5) is 0 Å². The first-order valence-electron chi connectivity index (χ1n) is 5.00. The van der Waals surface area contributed by atoms with Crippen LogP contribution in [0.15, 0.2) is 24.3 Å². The third kappa shape index (κ3) is 3.72. The molecule has 15 heavy (non-hydrogen) atoms.